The van der Waals surface area contributed by atoms with Gasteiger partial charge in [0.15, 0.2) is 0 Å². The van der Waals surface area contributed by atoms with Gasteiger partial charge >= 0.3 is 0 Å². The summed E-state index contributed by atoms with van der Waals surface area (Å²) in [5.41, 5.74) is 4.31. The van der Waals surface area contributed by atoms with E-state index in [9.17, 15) is 4.79 Å². The molecule has 3 heterocycles. The lowest BCUT2D eigenvalue weighted by Crippen LogP contribution is -2.36. The molecule has 0 spiro atoms. The molecule has 0 atom stereocenters. The van der Waals surface area contributed by atoms with Crippen LogP contribution < -0.4 is 10.2 Å². The van der Waals surface area contributed by atoms with Crippen LogP contribution in [0.25, 0.3) is 11.0 Å². The third-order valence-electron chi connectivity index (χ3n) is 5.99. The summed E-state index contributed by atoms with van der Waals surface area (Å²) >= 11 is 0. The van der Waals surface area contributed by atoms with Gasteiger partial charge in [-0.05, 0) is 62.3 Å². The number of imidazole rings is 1. The minimum Gasteiger partial charge on any atom is -0.362 e. The summed E-state index contributed by atoms with van der Waals surface area (Å²) < 4.78 is 2.32. The maximum Gasteiger partial charge on any atom is 0.238 e. The van der Waals surface area contributed by atoms with Crippen LogP contribution in [-0.4, -0.2) is 46.5 Å². The molecule has 2 aliphatic heterocycles. The number of rotatable bonds is 4. The molecule has 6 heteroatoms. The van der Waals surface area contributed by atoms with E-state index in [1.807, 2.05) is 18.2 Å². The van der Waals surface area contributed by atoms with E-state index < -0.39 is 0 Å². The van der Waals surface area contributed by atoms with E-state index in [2.05, 4.69) is 50.0 Å². The highest BCUT2D eigenvalue weighted by Gasteiger charge is 2.20. The predicted octanol–water partition coefficient (Wildman–Crippen LogP) is 3.48. The van der Waals surface area contributed by atoms with Crippen molar-refractivity contribution in [1.29, 1.82) is 0 Å². The van der Waals surface area contributed by atoms with Crippen LogP contribution in [0.15, 0.2) is 48.5 Å². The van der Waals surface area contributed by atoms with Gasteiger partial charge in [0.2, 0.25) is 5.91 Å². The summed E-state index contributed by atoms with van der Waals surface area (Å²) in [5, 5.41) is 3.04. The number of hydrogen-bond acceptors (Lipinski definition) is 4. The highest BCUT2D eigenvalue weighted by atomic mass is 16.2. The fraction of sp³-hybridized carbons (Fsp3) is 0.391. The molecular formula is C23H27N5O. The van der Waals surface area contributed by atoms with Crippen LogP contribution in [0, 0.1) is 0 Å². The number of carbonyl (C=O) groups is 1. The van der Waals surface area contributed by atoms with E-state index in [1.165, 1.54) is 24.8 Å². The molecule has 2 aromatic carbocycles. The molecule has 0 unspecified atom stereocenters. The van der Waals surface area contributed by atoms with Crippen LogP contribution in [-0.2, 0) is 17.9 Å². The number of fused-ring (bicyclic) bond motifs is 3. The Morgan fingerprint density at radius 1 is 0.931 bits per heavy atom. The average molecular weight is 390 g/mol. The first-order chi connectivity index (χ1) is 14.3. The van der Waals surface area contributed by atoms with Gasteiger partial charge in [0, 0.05) is 24.5 Å². The third kappa shape index (κ3) is 3.85. The topological polar surface area (TPSA) is 53.4 Å². The minimum absolute atomic E-state index is 0.0753. The van der Waals surface area contributed by atoms with Crippen molar-refractivity contribution in [3.8, 4) is 0 Å². The number of likely N-dealkylation sites (tertiary alicyclic amines) is 1. The van der Waals surface area contributed by atoms with Crippen molar-refractivity contribution in [2.24, 2.45) is 0 Å². The molecule has 1 amide bonds. The van der Waals surface area contributed by atoms with Gasteiger partial charge in [-0.2, -0.15) is 0 Å². The number of amides is 1. The molecule has 0 aliphatic carbocycles. The number of aromatic nitrogens is 2. The highest BCUT2D eigenvalue weighted by molar-refractivity contribution is 5.92. The Morgan fingerprint density at radius 2 is 1.72 bits per heavy atom. The van der Waals surface area contributed by atoms with Crippen molar-refractivity contribution in [3.63, 3.8) is 0 Å². The van der Waals surface area contributed by atoms with Crippen LogP contribution in [0.4, 0.5) is 11.4 Å². The van der Waals surface area contributed by atoms with Gasteiger partial charge in [0.25, 0.3) is 0 Å². The first-order valence-electron chi connectivity index (χ1n) is 10.6. The molecule has 2 aliphatic rings. The van der Waals surface area contributed by atoms with Crippen molar-refractivity contribution in [2.45, 2.75) is 32.4 Å². The lowest BCUT2D eigenvalue weighted by atomic mass is 10.1. The molecule has 0 bridgehead atoms. The number of nitrogens with one attached hydrogen (secondary N) is 1. The number of benzene rings is 2. The number of piperidine rings is 1. The maximum atomic E-state index is 12.3. The number of para-hydroxylation sites is 2. The molecule has 1 fully saturated rings. The number of nitrogens with zero attached hydrogens (tertiary/aromatic N) is 4. The van der Waals surface area contributed by atoms with Crippen LogP contribution in [0.1, 0.15) is 25.1 Å². The molecule has 6 nitrogen and oxygen atoms in total. The average Bonchev–Trinajstić information content (AvgIpc) is 3.13. The van der Waals surface area contributed by atoms with Gasteiger partial charge in [0.1, 0.15) is 5.82 Å². The van der Waals surface area contributed by atoms with Crippen LogP contribution in [0.3, 0.4) is 0 Å². The van der Waals surface area contributed by atoms with Gasteiger partial charge in [-0.25, -0.2) is 4.98 Å². The molecule has 1 aromatic heterocycles. The summed E-state index contributed by atoms with van der Waals surface area (Å²) in [4.78, 5) is 21.7. The van der Waals surface area contributed by atoms with Crippen molar-refractivity contribution in [3.05, 3.63) is 54.4 Å². The summed E-state index contributed by atoms with van der Waals surface area (Å²) in [5.74, 6) is 1.18. The quantitative estimate of drug-likeness (QED) is 0.742. The Bertz CT molecular complexity index is 1000. The van der Waals surface area contributed by atoms with Gasteiger partial charge in [-0.15, -0.1) is 0 Å². The van der Waals surface area contributed by atoms with Crippen LogP contribution in [0.5, 0.6) is 0 Å². The third-order valence-corrected chi connectivity index (χ3v) is 5.99. The minimum atomic E-state index is 0.0753. The Hall–Kier alpha value is -2.86. The fourth-order valence-electron chi connectivity index (χ4n) is 4.46. The summed E-state index contributed by atoms with van der Waals surface area (Å²) in [6, 6.07) is 16.5. The predicted molar refractivity (Wildman–Crippen MR) is 116 cm³/mol. The Balaban J connectivity index is 1.23. The molecule has 0 radical (unpaired) electrons. The molecule has 29 heavy (non-hydrogen) atoms. The van der Waals surface area contributed by atoms with E-state index in [-0.39, 0.29) is 5.91 Å². The smallest absolute Gasteiger partial charge is 0.238 e. The summed E-state index contributed by atoms with van der Waals surface area (Å²) in [6.45, 7) is 5.25. The van der Waals surface area contributed by atoms with Crippen molar-refractivity contribution in [1.82, 2.24) is 14.5 Å². The molecule has 3 aromatic rings. The largest absolute Gasteiger partial charge is 0.362 e. The first-order valence-corrected chi connectivity index (χ1v) is 10.6. The number of carbonyl (C=O) groups excluding carboxylic acids is 1. The van der Waals surface area contributed by atoms with Gasteiger partial charge in [-0.3, -0.25) is 9.69 Å². The highest BCUT2D eigenvalue weighted by Crippen LogP contribution is 2.25. The monoisotopic (exact) mass is 389 g/mol. The number of anilines is 2. The first kappa shape index (κ1) is 18.2. The van der Waals surface area contributed by atoms with Crippen molar-refractivity contribution < 1.29 is 4.79 Å². The van der Waals surface area contributed by atoms with Crippen LogP contribution >= 0.6 is 0 Å². The van der Waals surface area contributed by atoms with E-state index in [0.29, 0.717) is 6.54 Å². The Labute approximate surface area is 171 Å². The summed E-state index contributed by atoms with van der Waals surface area (Å²) in [7, 11) is 0. The second-order valence-corrected chi connectivity index (χ2v) is 8.02. The zero-order valence-corrected chi connectivity index (χ0v) is 16.7. The fourth-order valence-corrected chi connectivity index (χ4v) is 4.46. The summed E-state index contributed by atoms with van der Waals surface area (Å²) in [6.07, 6.45) is 3.68. The second-order valence-electron chi connectivity index (χ2n) is 8.02. The van der Waals surface area contributed by atoms with Gasteiger partial charge < -0.3 is 14.8 Å². The molecule has 5 rings (SSSR count). The zero-order valence-electron chi connectivity index (χ0n) is 16.7. The Morgan fingerprint density at radius 3 is 2.55 bits per heavy atom. The standard InChI is InChI=1S/C23H27N5O/c29-23(17-26-12-4-1-5-13-26)24-18-8-10-19(11-9-18)27-14-15-28-21-7-3-2-6-20(21)25-22(28)16-27/h2-3,6-11H,1,4-5,12-17H2,(H,24,29). The van der Waals surface area contributed by atoms with E-state index >= 15 is 0 Å². The molecule has 150 valence electrons. The normalized spacial score (nSPS) is 17.3. The van der Waals surface area contributed by atoms with Crippen molar-refractivity contribution >= 4 is 28.3 Å². The lowest BCUT2D eigenvalue weighted by molar-refractivity contribution is -0.117. The van der Waals surface area contributed by atoms with Crippen molar-refractivity contribution in [2.75, 3.05) is 36.4 Å². The Kier molecular flexibility index (Phi) is 4.94. The van der Waals surface area contributed by atoms with E-state index in [4.69, 9.17) is 4.98 Å². The van der Waals surface area contributed by atoms with Gasteiger partial charge in [-0.1, -0.05) is 18.6 Å². The second kappa shape index (κ2) is 7.87. The van der Waals surface area contributed by atoms with Crippen LogP contribution in [0.2, 0.25) is 0 Å². The molecule has 0 saturated carbocycles. The molecular weight excluding hydrogens is 362 g/mol. The van der Waals surface area contributed by atoms with E-state index in [0.717, 1.165) is 55.4 Å². The zero-order chi connectivity index (χ0) is 19.6. The maximum absolute atomic E-state index is 12.3. The number of hydrogen-bond donors (Lipinski definition) is 1. The van der Waals surface area contributed by atoms with E-state index in [1.54, 1.807) is 0 Å². The molecule has 1 saturated heterocycles. The molecule has 1 N–H and O–H groups in total. The van der Waals surface area contributed by atoms with Gasteiger partial charge in [0.05, 0.1) is 24.1 Å². The SMILES string of the molecule is O=C(CN1CCCCC1)Nc1ccc(N2CCn3c(nc4ccccc43)C2)cc1. The lowest BCUT2D eigenvalue weighted by Gasteiger charge is -2.30.